The summed E-state index contributed by atoms with van der Waals surface area (Å²) < 4.78 is 0. The summed E-state index contributed by atoms with van der Waals surface area (Å²) in [5.74, 6) is 2.19. The number of anilines is 2. The van der Waals surface area contributed by atoms with Gasteiger partial charge in [-0.05, 0) is 30.2 Å². The smallest absolute Gasteiger partial charge is 0.242 e. The lowest BCUT2D eigenvalue weighted by molar-refractivity contribution is -0.117. The molecule has 142 valence electrons. The summed E-state index contributed by atoms with van der Waals surface area (Å²) in [6, 6.07) is 15.8. The Labute approximate surface area is 168 Å². The molecular formula is C20H23ClN4OS. The second kappa shape index (κ2) is 8.52. The zero-order valence-electron chi connectivity index (χ0n) is 15.0. The monoisotopic (exact) mass is 402 g/mol. The van der Waals surface area contributed by atoms with E-state index in [1.54, 1.807) is 0 Å². The number of nitrogens with one attached hydrogen (secondary N) is 3. The van der Waals surface area contributed by atoms with Crippen molar-refractivity contribution in [1.82, 2.24) is 10.9 Å². The molecule has 2 heterocycles. The summed E-state index contributed by atoms with van der Waals surface area (Å²) in [6.45, 7) is 2.02. The minimum atomic E-state index is -0.284. The third-order valence-corrected chi connectivity index (χ3v) is 6.23. The SMILES string of the molecule is O=C(Nc1ccc(N2CCSCC2)c(Cl)c1)C1CC(c2ccccc2)NN1. The molecule has 2 saturated heterocycles. The molecule has 1 amide bonds. The maximum absolute atomic E-state index is 12.6. The van der Waals surface area contributed by atoms with Crippen molar-refractivity contribution < 1.29 is 4.79 Å². The number of rotatable bonds is 4. The molecule has 27 heavy (non-hydrogen) atoms. The van der Waals surface area contributed by atoms with Gasteiger partial charge >= 0.3 is 0 Å². The maximum atomic E-state index is 12.6. The molecule has 7 heteroatoms. The molecule has 2 aromatic carbocycles. The third kappa shape index (κ3) is 4.41. The van der Waals surface area contributed by atoms with Crippen molar-refractivity contribution in [2.75, 3.05) is 34.8 Å². The Kier molecular flexibility index (Phi) is 5.88. The molecule has 0 bridgehead atoms. The molecule has 0 saturated carbocycles. The number of hydrogen-bond donors (Lipinski definition) is 3. The molecule has 2 atom stereocenters. The molecule has 2 unspecified atom stereocenters. The molecule has 4 rings (SSSR count). The molecule has 2 fully saturated rings. The molecule has 2 aliphatic rings. The Bertz CT molecular complexity index is 798. The van der Waals surface area contributed by atoms with Crippen LogP contribution in [0.1, 0.15) is 18.0 Å². The van der Waals surface area contributed by atoms with Crippen LogP contribution in [0.3, 0.4) is 0 Å². The molecule has 0 spiro atoms. The Morgan fingerprint density at radius 2 is 1.89 bits per heavy atom. The molecule has 0 aromatic heterocycles. The Balaban J connectivity index is 1.37. The standard InChI is InChI=1S/C20H23ClN4OS/c21-16-12-15(6-7-19(16)25-8-10-27-11-9-25)22-20(26)18-13-17(23-24-18)14-4-2-1-3-5-14/h1-7,12,17-18,23-24H,8-11,13H2,(H,22,26). The predicted octanol–water partition coefficient (Wildman–Crippen LogP) is 3.44. The van der Waals surface area contributed by atoms with E-state index in [0.29, 0.717) is 11.4 Å². The van der Waals surface area contributed by atoms with E-state index in [-0.39, 0.29) is 18.0 Å². The normalized spacial score (nSPS) is 22.6. The number of thioether (sulfide) groups is 1. The fraction of sp³-hybridized carbons (Fsp3) is 0.350. The van der Waals surface area contributed by atoms with Crippen LogP contribution < -0.4 is 21.1 Å². The van der Waals surface area contributed by atoms with Crippen LogP contribution in [-0.2, 0) is 4.79 Å². The van der Waals surface area contributed by atoms with E-state index < -0.39 is 0 Å². The number of amides is 1. The van der Waals surface area contributed by atoms with E-state index in [1.807, 2.05) is 48.2 Å². The highest BCUT2D eigenvalue weighted by molar-refractivity contribution is 7.99. The van der Waals surface area contributed by atoms with Gasteiger partial charge < -0.3 is 10.2 Å². The van der Waals surface area contributed by atoms with Gasteiger partial charge in [0.05, 0.1) is 10.7 Å². The number of carbonyl (C=O) groups is 1. The quantitative estimate of drug-likeness (QED) is 0.731. The van der Waals surface area contributed by atoms with Crippen molar-refractivity contribution >= 4 is 40.6 Å². The zero-order chi connectivity index (χ0) is 18.6. The number of halogens is 1. The van der Waals surface area contributed by atoms with E-state index in [4.69, 9.17) is 11.6 Å². The number of hydrazine groups is 1. The number of nitrogens with zero attached hydrogens (tertiary/aromatic N) is 1. The van der Waals surface area contributed by atoms with Crippen LogP contribution in [0.5, 0.6) is 0 Å². The van der Waals surface area contributed by atoms with Crippen LogP contribution in [0, 0.1) is 0 Å². The lowest BCUT2D eigenvalue weighted by atomic mass is 10.0. The van der Waals surface area contributed by atoms with Crippen LogP contribution in [0.2, 0.25) is 5.02 Å². The Morgan fingerprint density at radius 3 is 2.63 bits per heavy atom. The second-order valence-corrected chi connectivity index (χ2v) is 8.43. The van der Waals surface area contributed by atoms with Crippen molar-refractivity contribution in [3.63, 3.8) is 0 Å². The minimum Gasteiger partial charge on any atom is -0.369 e. The van der Waals surface area contributed by atoms with E-state index in [0.717, 1.165) is 36.0 Å². The number of benzene rings is 2. The average molecular weight is 403 g/mol. The van der Waals surface area contributed by atoms with Gasteiger partial charge in [0.15, 0.2) is 0 Å². The summed E-state index contributed by atoms with van der Waals surface area (Å²) in [6.07, 6.45) is 0.701. The number of hydrogen-bond acceptors (Lipinski definition) is 5. The van der Waals surface area contributed by atoms with Crippen molar-refractivity contribution in [1.29, 1.82) is 0 Å². The van der Waals surface area contributed by atoms with Gasteiger partial charge in [0.25, 0.3) is 0 Å². The Morgan fingerprint density at radius 1 is 1.11 bits per heavy atom. The van der Waals surface area contributed by atoms with Crippen molar-refractivity contribution in [3.8, 4) is 0 Å². The van der Waals surface area contributed by atoms with Gasteiger partial charge in [-0.3, -0.25) is 4.79 Å². The topological polar surface area (TPSA) is 56.4 Å². The molecule has 0 aliphatic carbocycles. The van der Waals surface area contributed by atoms with Crippen LogP contribution in [0.4, 0.5) is 11.4 Å². The van der Waals surface area contributed by atoms with Crippen LogP contribution >= 0.6 is 23.4 Å². The van der Waals surface area contributed by atoms with Gasteiger partial charge in [0.1, 0.15) is 6.04 Å². The van der Waals surface area contributed by atoms with Crippen LogP contribution in [0.25, 0.3) is 0 Å². The maximum Gasteiger partial charge on any atom is 0.242 e. The molecular weight excluding hydrogens is 380 g/mol. The van der Waals surface area contributed by atoms with E-state index in [2.05, 4.69) is 33.2 Å². The van der Waals surface area contributed by atoms with E-state index in [9.17, 15) is 4.79 Å². The second-order valence-electron chi connectivity index (χ2n) is 6.80. The first-order chi connectivity index (χ1) is 13.2. The summed E-state index contributed by atoms with van der Waals surface area (Å²) in [5, 5.41) is 3.66. The van der Waals surface area contributed by atoms with Gasteiger partial charge in [0, 0.05) is 36.3 Å². The lowest BCUT2D eigenvalue weighted by Crippen LogP contribution is -2.39. The lowest BCUT2D eigenvalue weighted by Gasteiger charge is -2.29. The largest absolute Gasteiger partial charge is 0.369 e. The van der Waals surface area contributed by atoms with Crippen LogP contribution in [-0.4, -0.2) is 36.5 Å². The van der Waals surface area contributed by atoms with Gasteiger partial charge in [-0.1, -0.05) is 41.9 Å². The van der Waals surface area contributed by atoms with Gasteiger partial charge in [-0.2, -0.15) is 11.8 Å². The van der Waals surface area contributed by atoms with Gasteiger partial charge in [0.2, 0.25) is 5.91 Å². The summed E-state index contributed by atoms with van der Waals surface area (Å²) in [5.41, 5.74) is 9.25. The fourth-order valence-electron chi connectivity index (χ4n) is 3.51. The number of carbonyl (C=O) groups excluding carboxylic acids is 1. The van der Waals surface area contributed by atoms with Crippen molar-refractivity contribution in [2.24, 2.45) is 0 Å². The first-order valence-corrected chi connectivity index (χ1v) is 10.7. The summed E-state index contributed by atoms with van der Waals surface area (Å²) in [4.78, 5) is 14.9. The first-order valence-electron chi connectivity index (χ1n) is 9.20. The predicted molar refractivity (Wildman–Crippen MR) is 113 cm³/mol. The zero-order valence-corrected chi connectivity index (χ0v) is 16.5. The highest BCUT2D eigenvalue weighted by atomic mass is 35.5. The molecule has 2 aromatic rings. The first kappa shape index (κ1) is 18.6. The molecule has 2 aliphatic heterocycles. The van der Waals surface area contributed by atoms with Gasteiger partial charge in [-0.15, -0.1) is 0 Å². The highest BCUT2D eigenvalue weighted by Crippen LogP contribution is 2.31. The van der Waals surface area contributed by atoms with Crippen molar-refractivity contribution in [2.45, 2.75) is 18.5 Å². The fourth-order valence-corrected chi connectivity index (χ4v) is 4.71. The molecule has 3 N–H and O–H groups in total. The van der Waals surface area contributed by atoms with E-state index >= 15 is 0 Å². The highest BCUT2D eigenvalue weighted by Gasteiger charge is 2.30. The Hall–Kier alpha value is -1.73. The van der Waals surface area contributed by atoms with E-state index in [1.165, 1.54) is 5.56 Å². The summed E-state index contributed by atoms with van der Waals surface area (Å²) in [7, 11) is 0. The third-order valence-electron chi connectivity index (χ3n) is 4.99. The van der Waals surface area contributed by atoms with Crippen LogP contribution in [0.15, 0.2) is 48.5 Å². The summed E-state index contributed by atoms with van der Waals surface area (Å²) >= 11 is 8.45. The molecule has 0 radical (unpaired) electrons. The van der Waals surface area contributed by atoms with Gasteiger partial charge in [-0.25, -0.2) is 10.9 Å². The molecule has 5 nitrogen and oxygen atoms in total. The average Bonchev–Trinajstić information content (AvgIpc) is 3.20. The van der Waals surface area contributed by atoms with Crippen molar-refractivity contribution in [3.05, 3.63) is 59.1 Å². The minimum absolute atomic E-state index is 0.0564.